The van der Waals surface area contributed by atoms with Gasteiger partial charge in [-0.1, -0.05) is 0 Å². The minimum absolute atomic E-state index is 0.363. The van der Waals surface area contributed by atoms with E-state index in [1.807, 2.05) is 44.6 Å². The molecule has 0 atom stereocenters. The number of imidazole rings is 1. The summed E-state index contributed by atoms with van der Waals surface area (Å²) in [6.07, 6.45) is 4.90. The Morgan fingerprint density at radius 1 is 1.43 bits per heavy atom. The molecule has 0 unspecified atom stereocenters. The first-order chi connectivity index (χ1) is 9.83. The maximum absolute atomic E-state index is 11.6. The number of ether oxygens (including phenoxy) is 1. The van der Waals surface area contributed by atoms with Crippen LogP contribution in [0, 0.1) is 0 Å². The van der Waals surface area contributed by atoms with Crippen LogP contribution < -0.4 is 5.32 Å². The summed E-state index contributed by atoms with van der Waals surface area (Å²) in [4.78, 5) is 15.8. The van der Waals surface area contributed by atoms with E-state index in [-0.39, 0.29) is 0 Å². The number of carbonyl (C=O) groups is 1. The second kappa shape index (κ2) is 5.99. The van der Waals surface area contributed by atoms with Crippen molar-refractivity contribution in [2.24, 2.45) is 7.05 Å². The second-order valence-corrected chi connectivity index (χ2v) is 5.85. The van der Waals surface area contributed by atoms with Crippen LogP contribution in [-0.4, -0.2) is 31.0 Å². The molecule has 0 aliphatic rings. The molecule has 0 aliphatic heterocycles. The minimum Gasteiger partial charge on any atom is -0.444 e. The van der Waals surface area contributed by atoms with E-state index in [0.29, 0.717) is 13.1 Å². The van der Waals surface area contributed by atoms with E-state index in [1.165, 1.54) is 0 Å². The Morgan fingerprint density at radius 2 is 2.19 bits per heavy atom. The first-order valence-corrected chi connectivity index (χ1v) is 6.78. The maximum atomic E-state index is 11.6. The minimum atomic E-state index is -0.502. The summed E-state index contributed by atoms with van der Waals surface area (Å²) in [5.74, 6) is 0. The van der Waals surface area contributed by atoms with Crippen molar-refractivity contribution in [3.05, 3.63) is 36.2 Å². The van der Waals surface area contributed by atoms with Gasteiger partial charge in [0.15, 0.2) is 0 Å². The molecule has 2 heterocycles. The summed E-state index contributed by atoms with van der Waals surface area (Å²) in [7, 11) is 1.88. The Hall–Kier alpha value is -2.31. The third kappa shape index (κ3) is 4.62. The molecule has 114 valence electrons. The summed E-state index contributed by atoms with van der Waals surface area (Å²) in [5, 5.41) is 7.05. The lowest BCUT2D eigenvalue weighted by Crippen LogP contribution is -2.32. The monoisotopic (exact) mass is 291 g/mol. The molecule has 0 bridgehead atoms. The van der Waals surface area contributed by atoms with Gasteiger partial charge in [-0.25, -0.2) is 9.78 Å². The second-order valence-electron chi connectivity index (χ2n) is 5.85. The summed E-state index contributed by atoms with van der Waals surface area (Å²) < 4.78 is 8.90. The molecule has 0 aliphatic carbocycles. The van der Waals surface area contributed by atoms with Crippen LogP contribution in [0.15, 0.2) is 24.8 Å². The fourth-order valence-corrected chi connectivity index (χ4v) is 1.84. The number of aryl methyl sites for hydroxylation is 1. The van der Waals surface area contributed by atoms with Crippen LogP contribution in [-0.2, 0) is 24.9 Å². The third-order valence-corrected chi connectivity index (χ3v) is 2.71. The van der Waals surface area contributed by atoms with E-state index < -0.39 is 11.7 Å². The Labute approximate surface area is 123 Å². The van der Waals surface area contributed by atoms with E-state index in [9.17, 15) is 4.79 Å². The van der Waals surface area contributed by atoms with E-state index in [1.54, 1.807) is 17.2 Å². The van der Waals surface area contributed by atoms with Crippen molar-refractivity contribution < 1.29 is 9.53 Å². The predicted octanol–water partition coefficient (Wildman–Crippen LogP) is 1.69. The molecule has 0 aromatic carbocycles. The van der Waals surface area contributed by atoms with Crippen molar-refractivity contribution in [2.45, 2.75) is 39.5 Å². The highest BCUT2D eigenvalue weighted by molar-refractivity contribution is 5.67. The van der Waals surface area contributed by atoms with Crippen molar-refractivity contribution in [1.29, 1.82) is 0 Å². The van der Waals surface area contributed by atoms with Gasteiger partial charge in [0.05, 0.1) is 30.8 Å². The van der Waals surface area contributed by atoms with E-state index in [2.05, 4.69) is 15.4 Å². The SMILES string of the molecule is Cn1ccc(Cn2cncc2CNC(=O)OC(C)(C)C)n1. The Morgan fingerprint density at radius 3 is 2.81 bits per heavy atom. The molecule has 1 N–H and O–H groups in total. The van der Waals surface area contributed by atoms with Gasteiger partial charge in [-0.05, 0) is 26.8 Å². The van der Waals surface area contributed by atoms with Gasteiger partial charge in [0.1, 0.15) is 5.60 Å². The first kappa shape index (κ1) is 15.1. The highest BCUT2D eigenvalue weighted by Crippen LogP contribution is 2.08. The van der Waals surface area contributed by atoms with Crippen LogP contribution in [0.25, 0.3) is 0 Å². The zero-order valence-corrected chi connectivity index (χ0v) is 12.8. The number of hydrogen-bond acceptors (Lipinski definition) is 4. The molecule has 7 heteroatoms. The molecule has 0 saturated heterocycles. The highest BCUT2D eigenvalue weighted by atomic mass is 16.6. The lowest BCUT2D eigenvalue weighted by Gasteiger charge is -2.19. The molecular formula is C14H21N5O2. The fourth-order valence-electron chi connectivity index (χ4n) is 1.84. The molecule has 1 amide bonds. The van der Waals surface area contributed by atoms with E-state index in [0.717, 1.165) is 11.4 Å². The number of nitrogens with zero attached hydrogens (tertiary/aromatic N) is 4. The van der Waals surface area contributed by atoms with Crippen molar-refractivity contribution in [1.82, 2.24) is 24.6 Å². The lowest BCUT2D eigenvalue weighted by molar-refractivity contribution is 0.0522. The van der Waals surface area contributed by atoms with Crippen LogP contribution >= 0.6 is 0 Å². The van der Waals surface area contributed by atoms with Gasteiger partial charge in [-0.15, -0.1) is 0 Å². The molecule has 2 aromatic rings. The van der Waals surface area contributed by atoms with Gasteiger partial charge in [0.25, 0.3) is 0 Å². The first-order valence-electron chi connectivity index (χ1n) is 6.78. The average molecular weight is 291 g/mol. The standard InChI is InChI=1S/C14H21N5O2/c1-14(2,3)21-13(20)16-8-12-7-15-10-19(12)9-11-5-6-18(4)17-11/h5-7,10H,8-9H2,1-4H3,(H,16,20). The number of nitrogens with one attached hydrogen (secondary N) is 1. The Bertz CT molecular complexity index is 609. The van der Waals surface area contributed by atoms with E-state index in [4.69, 9.17) is 4.74 Å². The van der Waals surface area contributed by atoms with Crippen LogP contribution in [0.2, 0.25) is 0 Å². The molecular weight excluding hydrogens is 270 g/mol. The van der Waals surface area contributed by atoms with Crippen LogP contribution in [0.3, 0.4) is 0 Å². The summed E-state index contributed by atoms with van der Waals surface area (Å²) in [6, 6.07) is 1.95. The van der Waals surface area contributed by atoms with Crippen LogP contribution in [0.5, 0.6) is 0 Å². The fraction of sp³-hybridized carbons (Fsp3) is 0.500. The number of rotatable bonds is 4. The zero-order valence-electron chi connectivity index (χ0n) is 12.8. The van der Waals surface area contributed by atoms with Crippen molar-refractivity contribution in [3.63, 3.8) is 0 Å². The number of carbonyl (C=O) groups excluding carboxylic acids is 1. The maximum Gasteiger partial charge on any atom is 0.407 e. The predicted molar refractivity (Wildman–Crippen MR) is 77.6 cm³/mol. The van der Waals surface area contributed by atoms with Crippen LogP contribution in [0.4, 0.5) is 4.79 Å². The Kier molecular flexibility index (Phi) is 4.30. The summed E-state index contributed by atoms with van der Waals surface area (Å²) in [6.45, 7) is 6.47. The topological polar surface area (TPSA) is 74.0 Å². The lowest BCUT2D eigenvalue weighted by atomic mass is 10.2. The highest BCUT2D eigenvalue weighted by Gasteiger charge is 2.16. The van der Waals surface area contributed by atoms with Crippen molar-refractivity contribution in [3.8, 4) is 0 Å². The van der Waals surface area contributed by atoms with Crippen molar-refractivity contribution >= 4 is 6.09 Å². The molecule has 2 aromatic heterocycles. The number of alkyl carbamates (subject to hydrolysis) is 1. The van der Waals surface area contributed by atoms with Crippen molar-refractivity contribution in [2.75, 3.05) is 0 Å². The smallest absolute Gasteiger partial charge is 0.407 e. The molecule has 7 nitrogen and oxygen atoms in total. The molecule has 0 fully saturated rings. The van der Waals surface area contributed by atoms with Gasteiger partial charge in [0, 0.05) is 19.4 Å². The number of aromatic nitrogens is 4. The summed E-state index contributed by atoms with van der Waals surface area (Å²) in [5.41, 5.74) is 1.33. The van der Waals surface area contributed by atoms with Gasteiger partial charge in [-0.3, -0.25) is 4.68 Å². The van der Waals surface area contributed by atoms with Gasteiger partial charge < -0.3 is 14.6 Å². The Balaban J connectivity index is 1.93. The van der Waals surface area contributed by atoms with E-state index >= 15 is 0 Å². The molecule has 2 rings (SSSR count). The van der Waals surface area contributed by atoms with Gasteiger partial charge in [0.2, 0.25) is 0 Å². The molecule has 21 heavy (non-hydrogen) atoms. The summed E-state index contributed by atoms with van der Waals surface area (Å²) >= 11 is 0. The van der Waals surface area contributed by atoms with Gasteiger partial charge in [-0.2, -0.15) is 5.10 Å². The van der Waals surface area contributed by atoms with Gasteiger partial charge >= 0.3 is 6.09 Å². The normalized spacial score (nSPS) is 11.4. The number of hydrogen-bond donors (Lipinski definition) is 1. The average Bonchev–Trinajstić information content (AvgIpc) is 2.94. The number of amides is 1. The third-order valence-electron chi connectivity index (χ3n) is 2.71. The quantitative estimate of drug-likeness (QED) is 0.930. The zero-order chi connectivity index (χ0) is 15.5. The van der Waals surface area contributed by atoms with Crippen LogP contribution in [0.1, 0.15) is 32.2 Å². The molecule has 0 radical (unpaired) electrons. The molecule has 0 saturated carbocycles. The largest absolute Gasteiger partial charge is 0.444 e. The molecule has 0 spiro atoms.